The Balaban J connectivity index is 0.000000471. The Labute approximate surface area is 140 Å². The Bertz CT molecular complexity index is 594. The predicted octanol–water partition coefficient (Wildman–Crippen LogP) is 3.40. The van der Waals surface area contributed by atoms with Crippen LogP contribution in [0.25, 0.3) is 0 Å². The molecule has 8 heteroatoms. The number of rotatable bonds is 2. The molecule has 0 radical (unpaired) electrons. The summed E-state index contributed by atoms with van der Waals surface area (Å²) >= 11 is 0. The Hall–Kier alpha value is -2.12. The zero-order valence-electron chi connectivity index (χ0n) is 14.1. The Morgan fingerprint density at radius 2 is 2.00 bits per heavy atom. The third kappa shape index (κ3) is 3.85. The Morgan fingerprint density at radius 1 is 1.38 bits per heavy atom. The molecule has 134 valence electrons. The number of aromatic nitrogens is 2. The lowest BCUT2D eigenvalue weighted by Gasteiger charge is -2.50. The highest BCUT2D eigenvalue weighted by molar-refractivity contribution is 5.85. The fraction of sp³-hybridized carbons (Fsp3) is 0.750. The Morgan fingerprint density at radius 3 is 2.62 bits per heavy atom. The van der Waals surface area contributed by atoms with Crippen LogP contribution < -0.4 is 0 Å². The molecule has 0 saturated heterocycles. The SMILES string of the molecule is CC1(C)CC[C@@H]2CCCC[C@@H]2[C@@H]1n1cncc1C(=O)O.O=[N+]([O-])O. The summed E-state index contributed by atoms with van der Waals surface area (Å²) in [5.74, 6) is 0.516. The molecule has 2 aliphatic rings. The zero-order valence-corrected chi connectivity index (χ0v) is 14.1. The highest BCUT2D eigenvalue weighted by atomic mass is 16.9. The Kier molecular flexibility index (Phi) is 5.46. The highest BCUT2D eigenvalue weighted by Crippen LogP contribution is 2.54. The van der Waals surface area contributed by atoms with Crippen molar-refractivity contribution in [3.8, 4) is 0 Å². The third-order valence-corrected chi connectivity index (χ3v) is 5.52. The molecule has 3 rings (SSSR count). The number of carboxylic acids is 1. The van der Waals surface area contributed by atoms with E-state index in [9.17, 15) is 9.90 Å². The third-order valence-electron chi connectivity index (χ3n) is 5.52. The van der Waals surface area contributed by atoms with Gasteiger partial charge in [-0.3, -0.25) is 0 Å². The van der Waals surface area contributed by atoms with Gasteiger partial charge in [0.25, 0.3) is 5.09 Å². The minimum atomic E-state index is -1.50. The van der Waals surface area contributed by atoms with Crippen LogP contribution in [-0.2, 0) is 0 Å². The monoisotopic (exact) mass is 339 g/mol. The maximum absolute atomic E-state index is 11.4. The van der Waals surface area contributed by atoms with Crippen molar-refractivity contribution >= 4 is 5.97 Å². The normalized spacial score (nSPS) is 28.2. The van der Waals surface area contributed by atoms with Gasteiger partial charge in [0.15, 0.2) is 0 Å². The van der Waals surface area contributed by atoms with E-state index in [0.29, 0.717) is 11.6 Å². The summed E-state index contributed by atoms with van der Waals surface area (Å²) in [6.45, 7) is 4.57. The predicted molar refractivity (Wildman–Crippen MR) is 85.5 cm³/mol. The number of imidazole rings is 1. The number of hydrogen-bond donors (Lipinski definition) is 2. The van der Waals surface area contributed by atoms with E-state index in [1.165, 1.54) is 44.7 Å². The van der Waals surface area contributed by atoms with Crippen molar-refractivity contribution in [3.63, 3.8) is 0 Å². The van der Waals surface area contributed by atoms with Gasteiger partial charge in [0, 0.05) is 6.04 Å². The van der Waals surface area contributed by atoms with Crippen LogP contribution in [0.1, 0.15) is 68.9 Å². The molecule has 2 N–H and O–H groups in total. The molecule has 0 aromatic carbocycles. The number of carbonyl (C=O) groups is 1. The van der Waals surface area contributed by atoms with Crippen LogP contribution in [0, 0.1) is 27.4 Å². The number of fused-ring (bicyclic) bond motifs is 1. The van der Waals surface area contributed by atoms with Crippen LogP contribution in [0.15, 0.2) is 12.5 Å². The molecule has 2 saturated carbocycles. The molecule has 2 fully saturated rings. The summed E-state index contributed by atoms with van der Waals surface area (Å²) in [5, 5.41) is 23.0. The topological polar surface area (TPSA) is 118 Å². The fourth-order valence-corrected chi connectivity index (χ4v) is 4.57. The van der Waals surface area contributed by atoms with Gasteiger partial charge in [-0.05, 0) is 36.5 Å². The fourth-order valence-electron chi connectivity index (χ4n) is 4.57. The molecule has 0 aliphatic heterocycles. The van der Waals surface area contributed by atoms with Crippen LogP contribution in [0.4, 0.5) is 0 Å². The standard InChI is InChI=1S/C16H24N2O2.HNO3/c1-16(2)8-7-11-5-3-4-6-12(11)14(16)18-10-17-9-13(18)15(19)20;2-1(3)4/h9-12,14H,3-8H2,1-2H3,(H,19,20);(H,2,3,4)/t11-,12-,14-;/m0./s1. The number of carboxylic acid groups (broad SMARTS) is 1. The van der Waals surface area contributed by atoms with Gasteiger partial charge in [-0.25, -0.2) is 9.78 Å². The molecule has 3 atom stereocenters. The molecule has 1 heterocycles. The average molecular weight is 339 g/mol. The van der Waals surface area contributed by atoms with E-state index in [1.54, 1.807) is 6.33 Å². The zero-order chi connectivity index (χ0) is 17.9. The molecule has 0 unspecified atom stereocenters. The number of hydrogen-bond acceptors (Lipinski definition) is 4. The average Bonchev–Trinajstić information content (AvgIpc) is 2.95. The van der Waals surface area contributed by atoms with E-state index in [0.717, 1.165) is 5.92 Å². The first-order valence-electron chi connectivity index (χ1n) is 8.32. The second-order valence-electron chi connectivity index (χ2n) is 7.41. The van der Waals surface area contributed by atoms with E-state index in [1.807, 2.05) is 4.57 Å². The number of aromatic carboxylic acids is 1. The van der Waals surface area contributed by atoms with Crippen molar-refractivity contribution in [2.45, 2.75) is 58.4 Å². The summed E-state index contributed by atoms with van der Waals surface area (Å²) in [4.78, 5) is 23.9. The van der Waals surface area contributed by atoms with Crippen molar-refractivity contribution < 1.29 is 20.2 Å². The van der Waals surface area contributed by atoms with Crippen LogP contribution in [-0.4, -0.2) is 30.9 Å². The lowest BCUT2D eigenvalue weighted by molar-refractivity contribution is -0.742. The van der Waals surface area contributed by atoms with Gasteiger partial charge in [0.05, 0.1) is 12.5 Å². The smallest absolute Gasteiger partial charge is 0.354 e. The first-order chi connectivity index (χ1) is 11.2. The minimum Gasteiger partial charge on any atom is -0.477 e. The second-order valence-corrected chi connectivity index (χ2v) is 7.41. The summed E-state index contributed by atoms with van der Waals surface area (Å²) < 4.78 is 1.95. The summed E-state index contributed by atoms with van der Waals surface area (Å²) in [6.07, 6.45) is 10.9. The first-order valence-corrected chi connectivity index (χ1v) is 8.32. The molecule has 2 aliphatic carbocycles. The van der Waals surface area contributed by atoms with Gasteiger partial charge >= 0.3 is 5.97 Å². The van der Waals surface area contributed by atoms with Gasteiger partial charge in [-0.1, -0.05) is 33.1 Å². The maximum Gasteiger partial charge on any atom is 0.354 e. The molecule has 0 bridgehead atoms. The lowest BCUT2D eigenvalue weighted by atomic mass is 9.59. The molecule has 24 heavy (non-hydrogen) atoms. The van der Waals surface area contributed by atoms with E-state index in [2.05, 4.69) is 18.8 Å². The molecule has 1 aromatic rings. The van der Waals surface area contributed by atoms with Crippen molar-refractivity contribution in [1.29, 1.82) is 0 Å². The highest BCUT2D eigenvalue weighted by Gasteiger charge is 2.46. The van der Waals surface area contributed by atoms with E-state index in [-0.39, 0.29) is 11.5 Å². The van der Waals surface area contributed by atoms with Gasteiger partial charge < -0.3 is 14.9 Å². The largest absolute Gasteiger partial charge is 0.477 e. The molecule has 0 amide bonds. The number of nitrogens with zero attached hydrogens (tertiary/aromatic N) is 3. The van der Waals surface area contributed by atoms with Gasteiger partial charge in [-0.2, -0.15) is 0 Å². The minimum absolute atomic E-state index is 0.142. The van der Waals surface area contributed by atoms with Crippen LogP contribution in [0.3, 0.4) is 0 Å². The van der Waals surface area contributed by atoms with Gasteiger partial charge in [-0.15, -0.1) is 10.1 Å². The molecular weight excluding hydrogens is 314 g/mol. The van der Waals surface area contributed by atoms with E-state index >= 15 is 0 Å². The lowest BCUT2D eigenvalue weighted by Crippen LogP contribution is -2.43. The molecule has 8 nitrogen and oxygen atoms in total. The van der Waals surface area contributed by atoms with Crippen molar-refractivity contribution in [2.75, 3.05) is 0 Å². The van der Waals surface area contributed by atoms with E-state index in [4.69, 9.17) is 15.3 Å². The first kappa shape index (κ1) is 18.2. The second kappa shape index (κ2) is 7.19. The van der Waals surface area contributed by atoms with Crippen molar-refractivity contribution in [1.82, 2.24) is 9.55 Å². The van der Waals surface area contributed by atoms with E-state index < -0.39 is 11.1 Å². The van der Waals surface area contributed by atoms with Gasteiger partial charge in [0.2, 0.25) is 0 Å². The molecular formula is C16H25N3O5. The van der Waals surface area contributed by atoms with Crippen molar-refractivity contribution in [3.05, 3.63) is 28.3 Å². The molecule has 1 aromatic heterocycles. The van der Waals surface area contributed by atoms with Crippen LogP contribution >= 0.6 is 0 Å². The van der Waals surface area contributed by atoms with Crippen LogP contribution in [0.2, 0.25) is 0 Å². The van der Waals surface area contributed by atoms with Crippen LogP contribution in [0.5, 0.6) is 0 Å². The molecule has 0 spiro atoms. The maximum atomic E-state index is 11.4. The summed E-state index contributed by atoms with van der Waals surface area (Å²) in [7, 11) is 0. The summed E-state index contributed by atoms with van der Waals surface area (Å²) in [6, 6.07) is 0.273. The van der Waals surface area contributed by atoms with Crippen molar-refractivity contribution in [2.24, 2.45) is 17.3 Å². The quantitative estimate of drug-likeness (QED) is 0.629. The summed E-state index contributed by atoms with van der Waals surface area (Å²) in [5.41, 5.74) is 0.484. The van der Waals surface area contributed by atoms with Gasteiger partial charge in [0.1, 0.15) is 5.69 Å².